The summed E-state index contributed by atoms with van der Waals surface area (Å²) in [6.45, 7) is 9.54. The van der Waals surface area contributed by atoms with Gasteiger partial charge in [0.2, 0.25) is 0 Å². The largest absolute Gasteiger partial charge is 0.349 e. The average molecular weight is 204 g/mol. The fourth-order valence-electron chi connectivity index (χ4n) is 0.940. The van der Waals surface area contributed by atoms with Gasteiger partial charge in [-0.1, -0.05) is 6.92 Å². The summed E-state index contributed by atoms with van der Waals surface area (Å²) in [6, 6.07) is 0. The normalized spacial score (nSPS) is 12.5. The van der Waals surface area contributed by atoms with Crippen molar-refractivity contribution in [3.63, 3.8) is 0 Å². The van der Waals surface area contributed by atoms with Gasteiger partial charge in [0.05, 0.1) is 0 Å². The van der Waals surface area contributed by atoms with Crippen molar-refractivity contribution in [3.8, 4) is 0 Å². The molecule has 0 aromatic carbocycles. The van der Waals surface area contributed by atoms with Crippen molar-refractivity contribution in [2.24, 2.45) is 0 Å². The molecular weight excluding hydrogens is 184 g/mol. The maximum absolute atomic E-state index is 5.39. The van der Waals surface area contributed by atoms with Crippen molar-refractivity contribution < 1.29 is 9.47 Å². The van der Waals surface area contributed by atoms with Crippen molar-refractivity contribution >= 4 is 11.8 Å². The first-order valence-electron chi connectivity index (χ1n) is 4.78. The Morgan fingerprint density at radius 2 is 1.77 bits per heavy atom. The van der Waals surface area contributed by atoms with Gasteiger partial charge in [0.25, 0.3) is 0 Å². The number of allylic oxidation sites excluding steroid dienone is 1. The van der Waals surface area contributed by atoms with Crippen LogP contribution < -0.4 is 0 Å². The molecule has 0 rings (SSSR count). The number of hydrogen-bond donors (Lipinski definition) is 0. The van der Waals surface area contributed by atoms with Crippen molar-refractivity contribution in [1.82, 2.24) is 0 Å². The van der Waals surface area contributed by atoms with Gasteiger partial charge in [0, 0.05) is 13.2 Å². The Kier molecular flexibility index (Phi) is 8.61. The van der Waals surface area contributed by atoms with Crippen LogP contribution in [0.3, 0.4) is 0 Å². The van der Waals surface area contributed by atoms with Crippen LogP contribution in [0, 0.1) is 0 Å². The summed E-state index contributed by atoms with van der Waals surface area (Å²) in [7, 11) is 0. The van der Waals surface area contributed by atoms with Crippen LogP contribution in [0.25, 0.3) is 0 Å². The third-order valence-electron chi connectivity index (χ3n) is 1.40. The standard InChI is InChI=1S/C10H20O2S/c1-5-11-10(12-6-2)8-9(4)13-7-3/h8,10H,5-7H2,1-4H3. The number of hydrogen-bond acceptors (Lipinski definition) is 3. The highest BCUT2D eigenvalue weighted by atomic mass is 32.2. The molecule has 0 aromatic rings. The second-order valence-electron chi connectivity index (χ2n) is 2.49. The van der Waals surface area contributed by atoms with E-state index in [4.69, 9.17) is 9.47 Å². The molecular formula is C10H20O2S. The summed E-state index contributed by atoms with van der Waals surface area (Å²) in [6.07, 6.45) is 1.86. The van der Waals surface area contributed by atoms with Gasteiger partial charge in [-0.2, -0.15) is 0 Å². The Bertz CT molecular complexity index is 140. The SMILES string of the molecule is CCOC(C=C(C)SCC)OCC. The van der Waals surface area contributed by atoms with E-state index in [-0.39, 0.29) is 6.29 Å². The summed E-state index contributed by atoms with van der Waals surface area (Å²) in [5, 5.41) is 0. The van der Waals surface area contributed by atoms with Gasteiger partial charge in [-0.15, -0.1) is 11.8 Å². The molecule has 13 heavy (non-hydrogen) atoms. The minimum atomic E-state index is -0.172. The van der Waals surface area contributed by atoms with Gasteiger partial charge >= 0.3 is 0 Å². The van der Waals surface area contributed by atoms with E-state index in [1.807, 2.05) is 31.7 Å². The van der Waals surface area contributed by atoms with Gasteiger partial charge < -0.3 is 9.47 Å². The third-order valence-corrected chi connectivity index (χ3v) is 2.28. The van der Waals surface area contributed by atoms with Crippen LogP contribution in [0.15, 0.2) is 11.0 Å². The first-order valence-corrected chi connectivity index (χ1v) is 5.77. The van der Waals surface area contributed by atoms with E-state index >= 15 is 0 Å². The zero-order chi connectivity index (χ0) is 10.1. The lowest BCUT2D eigenvalue weighted by Gasteiger charge is -2.13. The summed E-state index contributed by atoms with van der Waals surface area (Å²) in [4.78, 5) is 1.26. The Morgan fingerprint density at radius 3 is 2.15 bits per heavy atom. The van der Waals surface area contributed by atoms with Gasteiger partial charge in [-0.05, 0) is 37.5 Å². The predicted molar refractivity (Wildman–Crippen MR) is 58.9 cm³/mol. The van der Waals surface area contributed by atoms with Crippen LogP contribution in [-0.4, -0.2) is 25.3 Å². The lowest BCUT2D eigenvalue weighted by Crippen LogP contribution is -2.14. The molecule has 0 radical (unpaired) electrons. The number of ether oxygens (including phenoxy) is 2. The zero-order valence-electron chi connectivity index (χ0n) is 9.00. The molecule has 0 saturated carbocycles. The Balaban J connectivity index is 3.96. The molecule has 0 atom stereocenters. The average Bonchev–Trinajstić information content (AvgIpc) is 2.05. The van der Waals surface area contributed by atoms with Crippen LogP contribution in [0.2, 0.25) is 0 Å². The van der Waals surface area contributed by atoms with Gasteiger partial charge in [-0.3, -0.25) is 0 Å². The number of thioether (sulfide) groups is 1. The third kappa shape index (κ3) is 7.11. The second kappa shape index (κ2) is 8.60. The van der Waals surface area contributed by atoms with Crippen molar-refractivity contribution in [1.29, 1.82) is 0 Å². The second-order valence-corrected chi connectivity index (χ2v) is 4.00. The van der Waals surface area contributed by atoms with Gasteiger partial charge in [-0.25, -0.2) is 0 Å². The summed E-state index contributed by atoms with van der Waals surface area (Å²) in [5.74, 6) is 1.09. The molecule has 0 aliphatic carbocycles. The lowest BCUT2D eigenvalue weighted by molar-refractivity contribution is -0.104. The zero-order valence-corrected chi connectivity index (χ0v) is 9.82. The molecule has 0 N–H and O–H groups in total. The van der Waals surface area contributed by atoms with Crippen LogP contribution in [-0.2, 0) is 9.47 Å². The van der Waals surface area contributed by atoms with E-state index in [2.05, 4.69) is 13.8 Å². The maximum atomic E-state index is 5.39. The summed E-state index contributed by atoms with van der Waals surface area (Å²) in [5.41, 5.74) is 0. The molecule has 0 fully saturated rings. The van der Waals surface area contributed by atoms with E-state index in [0.717, 1.165) is 5.75 Å². The lowest BCUT2D eigenvalue weighted by atomic mass is 10.5. The van der Waals surface area contributed by atoms with E-state index in [1.54, 1.807) is 0 Å². The van der Waals surface area contributed by atoms with Crippen molar-refractivity contribution in [2.45, 2.75) is 34.0 Å². The Hall–Kier alpha value is 0.01000. The molecule has 2 nitrogen and oxygen atoms in total. The minimum Gasteiger partial charge on any atom is -0.349 e. The Morgan fingerprint density at radius 1 is 1.23 bits per heavy atom. The Labute approximate surface area is 85.7 Å². The van der Waals surface area contributed by atoms with Crippen LogP contribution in [0.4, 0.5) is 0 Å². The molecule has 0 aliphatic heterocycles. The van der Waals surface area contributed by atoms with Crippen molar-refractivity contribution in [3.05, 3.63) is 11.0 Å². The first-order chi connectivity index (χ1) is 6.24. The smallest absolute Gasteiger partial charge is 0.177 e. The highest BCUT2D eigenvalue weighted by Gasteiger charge is 2.03. The molecule has 78 valence electrons. The molecule has 0 heterocycles. The molecule has 0 bridgehead atoms. The molecule has 0 aromatic heterocycles. The topological polar surface area (TPSA) is 18.5 Å². The minimum absolute atomic E-state index is 0.172. The quantitative estimate of drug-likeness (QED) is 0.594. The predicted octanol–water partition coefficient (Wildman–Crippen LogP) is 3.04. The van der Waals surface area contributed by atoms with Gasteiger partial charge in [0.15, 0.2) is 6.29 Å². The highest BCUT2D eigenvalue weighted by molar-refractivity contribution is 8.03. The molecule has 3 heteroatoms. The summed E-state index contributed by atoms with van der Waals surface area (Å²) >= 11 is 1.81. The number of rotatable bonds is 7. The van der Waals surface area contributed by atoms with Crippen molar-refractivity contribution in [2.75, 3.05) is 19.0 Å². The fraction of sp³-hybridized carbons (Fsp3) is 0.800. The molecule has 0 saturated heterocycles. The van der Waals surface area contributed by atoms with Crippen LogP contribution >= 0.6 is 11.8 Å². The van der Waals surface area contributed by atoms with E-state index in [1.165, 1.54) is 4.91 Å². The van der Waals surface area contributed by atoms with Crippen LogP contribution in [0.5, 0.6) is 0 Å². The monoisotopic (exact) mass is 204 g/mol. The van der Waals surface area contributed by atoms with Gasteiger partial charge in [0.1, 0.15) is 0 Å². The molecule has 0 aliphatic rings. The first kappa shape index (κ1) is 13.0. The fourth-order valence-corrected chi connectivity index (χ4v) is 1.60. The van der Waals surface area contributed by atoms with E-state index in [9.17, 15) is 0 Å². The highest BCUT2D eigenvalue weighted by Crippen LogP contribution is 2.15. The summed E-state index contributed by atoms with van der Waals surface area (Å²) < 4.78 is 10.8. The maximum Gasteiger partial charge on any atom is 0.177 e. The van der Waals surface area contributed by atoms with E-state index < -0.39 is 0 Å². The molecule has 0 unspecified atom stereocenters. The molecule has 0 amide bonds. The molecule has 0 spiro atoms. The van der Waals surface area contributed by atoms with Crippen LogP contribution in [0.1, 0.15) is 27.7 Å². The van der Waals surface area contributed by atoms with E-state index in [0.29, 0.717) is 13.2 Å².